The third kappa shape index (κ3) is 8.31. The minimum Gasteiger partial charge on any atom is -0.383 e. The number of nitrogens with zero attached hydrogens (tertiary/aromatic N) is 2. The molecular weight excluding hydrogens is 531 g/mol. The van der Waals surface area contributed by atoms with Crippen molar-refractivity contribution < 1.29 is 27.5 Å². The molecule has 0 spiro atoms. The molecule has 0 atom stereocenters. The second kappa shape index (κ2) is 13.8. The molecule has 41 heavy (non-hydrogen) atoms. The first-order valence-electron chi connectivity index (χ1n) is 13.2. The maximum atomic E-state index is 13.6. The fraction of sp³-hybridized carbons (Fsp3) is 0.250. The number of carbonyl (C=O) groups is 2. The summed E-state index contributed by atoms with van der Waals surface area (Å²) in [5.41, 5.74) is 2.65. The summed E-state index contributed by atoms with van der Waals surface area (Å²) in [5.74, 6) is -0.660. The number of benzene rings is 3. The molecule has 4 aromatic rings. The number of ether oxygens (including phenoxy) is 1. The summed E-state index contributed by atoms with van der Waals surface area (Å²) in [4.78, 5) is 32.9. The molecule has 0 bridgehead atoms. The molecule has 0 aliphatic heterocycles. The van der Waals surface area contributed by atoms with E-state index in [-0.39, 0.29) is 38.1 Å². The Bertz CT molecular complexity index is 1460. The molecule has 1 heterocycles. The highest BCUT2D eigenvalue weighted by Gasteiger charge is 2.30. The summed E-state index contributed by atoms with van der Waals surface area (Å²) in [5, 5.41) is 1.04. The van der Waals surface area contributed by atoms with Crippen LogP contribution >= 0.6 is 0 Å². The van der Waals surface area contributed by atoms with Crippen LogP contribution < -0.4 is 0 Å². The maximum absolute atomic E-state index is 13.6. The van der Waals surface area contributed by atoms with Crippen molar-refractivity contribution >= 4 is 28.8 Å². The van der Waals surface area contributed by atoms with Crippen LogP contribution in [0.3, 0.4) is 0 Å². The molecule has 3 aromatic carbocycles. The van der Waals surface area contributed by atoms with E-state index in [0.29, 0.717) is 18.5 Å². The van der Waals surface area contributed by atoms with Gasteiger partial charge in [0.15, 0.2) is 0 Å². The van der Waals surface area contributed by atoms with Crippen LogP contribution in [0.2, 0.25) is 0 Å². The van der Waals surface area contributed by atoms with Crippen molar-refractivity contribution in [3.8, 4) is 0 Å². The zero-order valence-electron chi connectivity index (χ0n) is 22.7. The topological polar surface area (TPSA) is 65.6 Å². The fourth-order valence-corrected chi connectivity index (χ4v) is 4.47. The van der Waals surface area contributed by atoms with E-state index in [4.69, 9.17) is 4.74 Å². The van der Waals surface area contributed by atoms with Crippen molar-refractivity contribution in [1.82, 2.24) is 14.8 Å². The molecule has 214 valence electrons. The number of H-pyrrole nitrogens is 1. The van der Waals surface area contributed by atoms with Crippen LogP contribution in [-0.4, -0.2) is 59.9 Å². The Morgan fingerprint density at radius 3 is 2.32 bits per heavy atom. The number of methoxy groups -OCH3 is 1. The molecule has 1 aromatic heterocycles. The Kier molecular flexibility index (Phi) is 9.97. The number of amides is 2. The van der Waals surface area contributed by atoms with Crippen molar-refractivity contribution in [1.29, 1.82) is 0 Å². The van der Waals surface area contributed by atoms with Crippen molar-refractivity contribution in [2.45, 2.75) is 19.1 Å². The number of aromatic amines is 1. The zero-order chi connectivity index (χ0) is 29.2. The van der Waals surface area contributed by atoms with Crippen LogP contribution in [0.25, 0.3) is 17.0 Å². The van der Waals surface area contributed by atoms with Crippen molar-refractivity contribution in [2.24, 2.45) is 0 Å². The van der Waals surface area contributed by atoms with Crippen molar-refractivity contribution in [3.63, 3.8) is 0 Å². The van der Waals surface area contributed by atoms with E-state index < -0.39 is 11.7 Å². The molecule has 0 aliphatic carbocycles. The van der Waals surface area contributed by atoms with Crippen LogP contribution in [0.1, 0.15) is 22.3 Å². The number of carbonyl (C=O) groups excluding carboxylic acids is 2. The van der Waals surface area contributed by atoms with E-state index in [9.17, 15) is 22.8 Å². The second-order valence-electron chi connectivity index (χ2n) is 9.62. The van der Waals surface area contributed by atoms with Crippen LogP contribution in [0.4, 0.5) is 13.2 Å². The van der Waals surface area contributed by atoms with Gasteiger partial charge in [-0.05, 0) is 47.4 Å². The standard InChI is InChI=1S/C32H32F3N3O3/c1-41-20-19-38(30(39)16-13-24-7-3-2-4-8-24)23-31(40)37(22-25-11-14-27(15-12-25)32(33,34)35)18-17-26-21-36-29-10-6-5-9-28(26)29/h2-16,21,36H,17-20,22-23H2,1H3. The summed E-state index contributed by atoms with van der Waals surface area (Å²) in [7, 11) is 1.52. The van der Waals surface area contributed by atoms with Crippen LogP contribution in [-0.2, 0) is 33.5 Å². The van der Waals surface area contributed by atoms with Gasteiger partial charge in [0.05, 0.1) is 12.2 Å². The summed E-state index contributed by atoms with van der Waals surface area (Å²) in [6.07, 6.45) is 1.08. The second-order valence-corrected chi connectivity index (χ2v) is 9.62. The minimum absolute atomic E-state index is 0.103. The van der Waals surface area contributed by atoms with Gasteiger partial charge in [0, 0.05) is 49.9 Å². The summed E-state index contributed by atoms with van der Waals surface area (Å²) >= 11 is 0. The smallest absolute Gasteiger partial charge is 0.383 e. The lowest BCUT2D eigenvalue weighted by molar-refractivity contribution is -0.139. The number of para-hydroxylation sites is 1. The molecule has 0 aliphatic rings. The largest absolute Gasteiger partial charge is 0.416 e. The third-order valence-electron chi connectivity index (χ3n) is 6.75. The van der Waals surface area contributed by atoms with E-state index in [1.165, 1.54) is 30.2 Å². The lowest BCUT2D eigenvalue weighted by atomic mass is 10.1. The zero-order valence-corrected chi connectivity index (χ0v) is 22.7. The van der Waals surface area contributed by atoms with E-state index in [0.717, 1.165) is 34.2 Å². The van der Waals surface area contributed by atoms with E-state index in [2.05, 4.69) is 4.98 Å². The summed E-state index contributed by atoms with van der Waals surface area (Å²) in [6, 6.07) is 22.0. The Morgan fingerprint density at radius 2 is 1.61 bits per heavy atom. The minimum atomic E-state index is -4.45. The third-order valence-corrected chi connectivity index (χ3v) is 6.75. The van der Waals surface area contributed by atoms with E-state index in [1.54, 1.807) is 11.0 Å². The average molecular weight is 564 g/mol. The normalized spacial score (nSPS) is 11.7. The molecule has 0 saturated heterocycles. The van der Waals surface area contributed by atoms with Gasteiger partial charge in [-0.25, -0.2) is 0 Å². The molecule has 0 unspecified atom stereocenters. The summed E-state index contributed by atoms with van der Waals surface area (Å²) < 4.78 is 44.4. The molecule has 4 rings (SSSR count). The molecule has 6 nitrogen and oxygen atoms in total. The monoisotopic (exact) mass is 563 g/mol. The lowest BCUT2D eigenvalue weighted by Crippen LogP contribution is -2.44. The number of nitrogens with one attached hydrogen (secondary N) is 1. The molecule has 0 fully saturated rings. The predicted octanol–water partition coefficient (Wildman–Crippen LogP) is 5.95. The van der Waals surface area contributed by atoms with Gasteiger partial charge in [-0.2, -0.15) is 13.2 Å². The number of hydrogen-bond acceptors (Lipinski definition) is 3. The van der Waals surface area contributed by atoms with Gasteiger partial charge in [-0.15, -0.1) is 0 Å². The maximum Gasteiger partial charge on any atom is 0.416 e. The van der Waals surface area contributed by atoms with Crippen LogP contribution in [0.5, 0.6) is 0 Å². The number of halogens is 3. The summed E-state index contributed by atoms with van der Waals surface area (Å²) in [6.45, 7) is 0.665. The number of alkyl halides is 3. The Labute approximate surface area is 237 Å². The Balaban J connectivity index is 1.53. The number of hydrogen-bond donors (Lipinski definition) is 1. The molecular formula is C32H32F3N3O3. The quantitative estimate of drug-likeness (QED) is 0.217. The molecule has 1 N–H and O–H groups in total. The molecule has 9 heteroatoms. The fourth-order valence-electron chi connectivity index (χ4n) is 4.47. The van der Waals surface area contributed by atoms with Gasteiger partial charge in [0.1, 0.15) is 6.54 Å². The molecule has 2 amide bonds. The lowest BCUT2D eigenvalue weighted by Gasteiger charge is -2.27. The van der Waals surface area contributed by atoms with Crippen LogP contribution in [0.15, 0.2) is 91.1 Å². The SMILES string of the molecule is COCCN(CC(=O)N(CCc1c[nH]c2ccccc12)Cc1ccc(C(F)(F)F)cc1)C(=O)C=Cc1ccccc1. The number of rotatable bonds is 12. The first-order chi connectivity index (χ1) is 19.7. The number of fused-ring (bicyclic) bond motifs is 1. The Hall–Kier alpha value is -4.37. The van der Waals surface area contributed by atoms with Crippen molar-refractivity contribution in [3.05, 3.63) is 113 Å². The highest BCUT2D eigenvalue weighted by atomic mass is 19.4. The van der Waals surface area contributed by atoms with Gasteiger partial charge in [-0.3, -0.25) is 9.59 Å². The Morgan fingerprint density at radius 1 is 0.902 bits per heavy atom. The van der Waals surface area contributed by atoms with Gasteiger partial charge in [0.25, 0.3) is 0 Å². The van der Waals surface area contributed by atoms with Gasteiger partial charge in [-0.1, -0.05) is 60.7 Å². The van der Waals surface area contributed by atoms with Crippen molar-refractivity contribution in [2.75, 3.05) is 33.4 Å². The molecule has 0 radical (unpaired) electrons. The van der Waals surface area contributed by atoms with Gasteiger partial charge >= 0.3 is 6.18 Å². The highest BCUT2D eigenvalue weighted by molar-refractivity contribution is 5.94. The first kappa shape index (κ1) is 29.6. The number of aromatic nitrogens is 1. The molecule has 0 saturated carbocycles. The average Bonchev–Trinajstić information content (AvgIpc) is 3.39. The predicted molar refractivity (Wildman–Crippen MR) is 153 cm³/mol. The van der Waals surface area contributed by atoms with Crippen LogP contribution in [0, 0.1) is 0 Å². The highest BCUT2D eigenvalue weighted by Crippen LogP contribution is 2.29. The first-order valence-corrected chi connectivity index (χ1v) is 13.2. The van der Waals surface area contributed by atoms with Gasteiger partial charge < -0.3 is 19.5 Å². The van der Waals surface area contributed by atoms with E-state index >= 15 is 0 Å². The van der Waals surface area contributed by atoms with E-state index in [1.807, 2.05) is 60.8 Å². The van der Waals surface area contributed by atoms with Gasteiger partial charge in [0.2, 0.25) is 11.8 Å².